The summed E-state index contributed by atoms with van der Waals surface area (Å²) in [4.78, 5) is 55.7. The standard InChI is InChI=1S/C41H41N3O4/c45-38(36-13-7-25-43(36)39(46)28-32-9-3-1-4-10-32)27-34-19-17-30(18-20-34)15-16-31-21-23-35(24-22-31)42-41(48)37-14-8-26-44(37)40(47)29-33-11-5-2-6-12-33/h1-6,9-12,15-24,36-37H,7-8,13-14,25-29H2,(H,42,48)/b16-15+/t36?,37-/m0/s1. The molecule has 2 fully saturated rings. The molecule has 4 aromatic rings. The maximum absolute atomic E-state index is 13.2. The Morgan fingerprint density at radius 1 is 0.562 bits per heavy atom. The first-order chi connectivity index (χ1) is 23.4. The molecule has 2 atom stereocenters. The van der Waals surface area contributed by atoms with Crippen LogP contribution in [-0.2, 0) is 38.4 Å². The Bertz CT molecular complexity index is 1620. The van der Waals surface area contributed by atoms with Gasteiger partial charge in [-0.1, -0.05) is 109 Å². The largest absolute Gasteiger partial charge is 0.332 e. The van der Waals surface area contributed by atoms with Gasteiger partial charge in [0, 0.05) is 25.2 Å². The van der Waals surface area contributed by atoms with Crippen molar-refractivity contribution in [3.63, 3.8) is 0 Å². The first-order valence-electron chi connectivity index (χ1n) is 16.8. The highest BCUT2D eigenvalue weighted by Crippen LogP contribution is 2.23. The smallest absolute Gasteiger partial charge is 0.247 e. The number of hydrogen-bond acceptors (Lipinski definition) is 4. The van der Waals surface area contributed by atoms with Gasteiger partial charge in [-0.25, -0.2) is 0 Å². The first-order valence-corrected chi connectivity index (χ1v) is 16.8. The van der Waals surface area contributed by atoms with Crippen LogP contribution in [0.3, 0.4) is 0 Å². The zero-order chi connectivity index (χ0) is 33.3. The molecule has 2 saturated heterocycles. The Morgan fingerprint density at radius 3 is 1.56 bits per heavy atom. The molecule has 1 unspecified atom stereocenters. The molecule has 0 aromatic heterocycles. The lowest BCUT2D eigenvalue weighted by Gasteiger charge is -2.24. The van der Waals surface area contributed by atoms with Crippen LogP contribution in [0.5, 0.6) is 0 Å². The van der Waals surface area contributed by atoms with Gasteiger partial charge in [-0.2, -0.15) is 0 Å². The zero-order valence-corrected chi connectivity index (χ0v) is 27.1. The summed E-state index contributed by atoms with van der Waals surface area (Å²) >= 11 is 0. The minimum Gasteiger partial charge on any atom is -0.332 e. The number of amides is 3. The van der Waals surface area contributed by atoms with Gasteiger partial charge in [-0.15, -0.1) is 0 Å². The van der Waals surface area contributed by atoms with Gasteiger partial charge in [0.05, 0.1) is 18.9 Å². The second-order valence-corrected chi connectivity index (χ2v) is 12.6. The van der Waals surface area contributed by atoms with Crippen molar-refractivity contribution in [1.82, 2.24) is 9.80 Å². The monoisotopic (exact) mass is 639 g/mol. The van der Waals surface area contributed by atoms with Crippen LogP contribution in [0.15, 0.2) is 109 Å². The van der Waals surface area contributed by atoms with Crippen LogP contribution in [0, 0.1) is 0 Å². The molecule has 3 amide bonds. The van der Waals surface area contributed by atoms with Crippen molar-refractivity contribution in [2.45, 2.75) is 57.0 Å². The van der Waals surface area contributed by atoms with E-state index in [4.69, 9.17) is 0 Å². The van der Waals surface area contributed by atoms with Crippen LogP contribution < -0.4 is 5.32 Å². The SMILES string of the molecule is O=C(Cc1ccc(/C=C/c2ccc(NC(=O)[C@@H]3CCCN3C(=O)Cc3ccccc3)cc2)cc1)C1CCCN1C(=O)Cc1ccccc1. The van der Waals surface area contributed by atoms with E-state index in [1.807, 2.05) is 121 Å². The number of anilines is 1. The molecule has 2 aliphatic heterocycles. The average Bonchev–Trinajstić information content (AvgIpc) is 3.81. The number of hydrogen-bond donors (Lipinski definition) is 1. The summed E-state index contributed by atoms with van der Waals surface area (Å²) in [5.74, 6) is -0.0797. The molecular weight excluding hydrogens is 598 g/mol. The summed E-state index contributed by atoms with van der Waals surface area (Å²) in [6, 6.07) is 34.0. The van der Waals surface area contributed by atoms with E-state index in [2.05, 4.69) is 5.32 Å². The number of carbonyl (C=O) groups is 4. The van der Waals surface area contributed by atoms with Crippen molar-refractivity contribution in [2.24, 2.45) is 0 Å². The number of rotatable bonds is 11. The van der Waals surface area contributed by atoms with Crippen molar-refractivity contribution in [2.75, 3.05) is 18.4 Å². The molecule has 0 spiro atoms. The van der Waals surface area contributed by atoms with Gasteiger partial charge in [-0.3, -0.25) is 19.2 Å². The Kier molecular flexibility index (Phi) is 10.6. The van der Waals surface area contributed by atoms with E-state index in [0.29, 0.717) is 44.5 Å². The van der Waals surface area contributed by atoms with E-state index in [1.165, 1.54) is 0 Å². The molecule has 244 valence electrons. The lowest BCUT2D eigenvalue weighted by atomic mass is 10.0. The van der Waals surface area contributed by atoms with Crippen LogP contribution in [-0.4, -0.2) is 58.5 Å². The van der Waals surface area contributed by atoms with Crippen LogP contribution in [0.1, 0.15) is 53.5 Å². The molecule has 7 nitrogen and oxygen atoms in total. The highest BCUT2D eigenvalue weighted by molar-refractivity contribution is 5.98. The maximum Gasteiger partial charge on any atom is 0.247 e. The third-order valence-electron chi connectivity index (χ3n) is 9.22. The number of carbonyl (C=O) groups excluding carboxylic acids is 4. The lowest BCUT2D eigenvalue weighted by Crippen LogP contribution is -2.43. The lowest BCUT2D eigenvalue weighted by molar-refractivity contribution is -0.136. The van der Waals surface area contributed by atoms with Crippen molar-refractivity contribution < 1.29 is 19.2 Å². The number of ketones is 1. The Hall–Kier alpha value is -5.30. The minimum absolute atomic E-state index is 0.0134. The Labute approximate surface area is 282 Å². The first kappa shape index (κ1) is 32.6. The van der Waals surface area contributed by atoms with Gasteiger partial charge in [-0.05, 0) is 65.6 Å². The Balaban J connectivity index is 0.985. The van der Waals surface area contributed by atoms with Crippen molar-refractivity contribution >= 4 is 41.3 Å². The van der Waals surface area contributed by atoms with Gasteiger partial charge in [0.2, 0.25) is 17.7 Å². The molecule has 0 aliphatic carbocycles. The molecule has 6 rings (SSSR count). The number of Topliss-reactive ketones (excluding diaryl/α,β-unsaturated/α-hetero) is 1. The fraction of sp³-hybridized carbons (Fsp3) is 0.268. The summed E-state index contributed by atoms with van der Waals surface area (Å²) in [6.07, 6.45) is 7.97. The molecule has 1 N–H and O–H groups in total. The number of likely N-dealkylation sites (tertiary alicyclic amines) is 2. The molecule has 0 saturated carbocycles. The highest BCUT2D eigenvalue weighted by atomic mass is 16.2. The predicted molar refractivity (Wildman–Crippen MR) is 189 cm³/mol. The quantitative estimate of drug-likeness (QED) is 0.193. The second kappa shape index (κ2) is 15.5. The van der Waals surface area contributed by atoms with Gasteiger partial charge >= 0.3 is 0 Å². The van der Waals surface area contributed by atoms with Crippen molar-refractivity contribution in [1.29, 1.82) is 0 Å². The van der Waals surface area contributed by atoms with Crippen molar-refractivity contribution in [3.8, 4) is 0 Å². The fourth-order valence-electron chi connectivity index (χ4n) is 6.64. The van der Waals surface area contributed by atoms with E-state index in [0.717, 1.165) is 47.1 Å². The number of nitrogens with one attached hydrogen (secondary N) is 1. The topological polar surface area (TPSA) is 86.8 Å². The van der Waals surface area contributed by atoms with Gasteiger partial charge < -0.3 is 15.1 Å². The molecule has 48 heavy (non-hydrogen) atoms. The van der Waals surface area contributed by atoms with E-state index in [-0.39, 0.29) is 29.5 Å². The van der Waals surface area contributed by atoms with E-state index in [1.54, 1.807) is 9.80 Å². The van der Waals surface area contributed by atoms with Crippen LogP contribution in [0.4, 0.5) is 5.69 Å². The van der Waals surface area contributed by atoms with Crippen LogP contribution >= 0.6 is 0 Å². The number of benzene rings is 4. The second-order valence-electron chi connectivity index (χ2n) is 12.6. The minimum atomic E-state index is -0.460. The molecule has 2 aliphatic rings. The van der Waals surface area contributed by atoms with E-state index in [9.17, 15) is 19.2 Å². The third kappa shape index (κ3) is 8.34. The van der Waals surface area contributed by atoms with E-state index >= 15 is 0 Å². The Morgan fingerprint density at radius 2 is 1.02 bits per heavy atom. The molecular formula is C41H41N3O4. The summed E-state index contributed by atoms with van der Waals surface area (Å²) < 4.78 is 0. The molecule has 0 bridgehead atoms. The molecule has 4 aromatic carbocycles. The number of nitrogens with zero attached hydrogens (tertiary/aromatic N) is 2. The maximum atomic E-state index is 13.2. The highest BCUT2D eigenvalue weighted by Gasteiger charge is 2.35. The summed E-state index contributed by atoms with van der Waals surface area (Å²) in [5.41, 5.74) is 5.52. The fourth-order valence-corrected chi connectivity index (χ4v) is 6.64. The zero-order valence-electron chi connectivity index (χ0n) is 27.1. The molecule has 0 radical (unpaired) electrons. The normalized spacial score (nSPS) is 17.5. The van der Waals surface area contributed by atoms with Gasteiger partial charge in [0.15, 0.2) is 5.78 Å². The van der Waals surface area contributed by atoms with Gasteiger partial charge in [0.25, 0.3) is 0 Å². The average molecular weight is 640 g/mol. The summed E-state index contributed by atoms with van der Waals surface area (Å²) in [6.45, 7) is 1.23. The molecule has 2 heterocycles. The van der Waals surface area contributed by atoms with Crippen LogP contribution in [0.2, 0.25) is 0 Å². The summed E-state index contributed by atoms with van der Waals surface area (Å²) in [5, 5.41) is 2.99. The summed E-state index contributed by atoms with van der Waals surface area (Å²) in [7, 11) is 0. The molecule has 7 heteroatoms. The van der Waals surface area contributed by atoms with Crippen molar-refractivity contribution in [3.05, 3.63) is 137 Å². The predicted octanol–water partition coefficient (Wildman–Crippen LogP) is 6.37. The van der Waals surface area contributed by atoms with Gasteiger partial charge in [0.1, 0.15) is 6.04 Å². The third-order valence-corrected chi connectivity index (χ3v) is 9.22. The van der Waals surface area contributed by atoms with Crippen LogP contribution in [0.25, 0.3) is 12.2 Å². The van der Waals surface area contributed by atoms with E-state index < -0.39 is 6.04 Å².